The summed E-state index contributed by atoms with van der Waals surface area (Å²) in [6, 6.07) is 1.38. The van der Waals surface area contributed by atoms with Crippen LogP contribution in [0.2, 0.25) is 5.02 Å². The van der Waals surface area contributed by atoms with Crippen LogP contribution in [0.3, 0.4) is 0 Å². The van der Waals surface area contributed by atoms with E-state index in [4.69, 9.17) is 11.6 Å². The predicted molar refractivity (Wildman–Crippen MR) is 80.7 cm³/mol. The molecule has 2 aromatic rings. The number of pyridine rings is 1. The van der Waals surface area contributed by atoms with Crippen LogP contribution in [0.1, 0.15) is 5.56 Å². The van der Waals surface area contributed by atoms with Gasteiger partial charge in [-0.2, -0.15) is 9.40 Å². The van der Waals surface area contributed by atoms with E-state index >= 15 is 0 Å². The van der Waals surface area contributed by atoms with Crippen molar-refractivity contribution in [3.8, 4) is 0 Å². The molecule has 0 aliphatic carbocycles. The van der Waals surface area contributed by atoms with Crippen LogP contribution >= 0.6 is 11.6 Å². The summed E-state index contributed by atoms with van der Waals surface area (Å²) in [5.41, 5.74) is 0.800. The number of anilines is 1. The van der Waals surface area contributed by atoms with Crippen LogP contribution < -0.4 is 5.32 Å². The topological polar surface area (TPSA) is 80.1 Å². The summed E-state index contributed by atoms with van der Waals surface area (Å²) in [6.45, 7) is 0.224. The molecule has 1 N–H and O–H groups in total. The minimum Gasteiger partial charge on any atom is -0.372 e. The summed E-state index contributed by atoms with van der Waals surface area (Å²) in [6.07, 6.45) is 4.68. The highest BCUT2D eigenvalue weighted by Gasteiger charge is 2.22. The highest BCUT2D eigenvalue weighted by Crippen LogP contribution is 2.24. The number of nitrogens with one attached hydrogen (secondary N) is 1. The van der Waals surface area contributed by atoms with Crippen molar-refractivity contribution < 1.29 is 8.42 Å². The first-order chi connectivity index (χ1) is 9.84. The van der Waals surface area contributed by atoms with Gasteiger partial charge in [0.25, 0.3) is 0 Å². The molecule has 0 amide bonds. The summed E-state index contributed by atoms with van der Waals surface area (Å²) < 4.78 is 27.8. The highest BCUT2D eigenvalue weighted by molar-refractivity contribution is 7.89. The van der Waals surface area contributed by atoms with Crippen LogP contribution in [-0.2, 0) is 23.6 Å². The maximum Gasteiger partial charge on any atom is 0.244 e. The second kappa shape index (κ2) is 6.00. The van der Waals surface area contributed by atoms with E-state index in [2.05, 4.69) is 15.4 Å². The third-order valence-electron chi connectivity index (χ3n) is 2.92. The molecule has 0 aromatic carbocycles. The van der Waals surface area contributed by atoms with Crippen molar-refractivity contribution in [3.05, 3.63) is 35.2 Å². The number of halogens is 1. The zero-order valence-corrected chi connectivity index (χ0v) is 13.5. The average Bonchev–Trinajstić information content (AvgIpc) is 2.83. The molecule has 9 heteroatoms. The number of aryl methyl sites for hydroxylation is 1. The summed E-state index contributed by atoms with van der Waals surface area (Å²) >= 11 is 5.98. The van der Waals surface area contributed by atoms with Gasteiger partial charge in [-0.05, 0) is 6.07 Å². The van der Waals surface area contributed by atoms with E-state index in [1.54, 1.807) is 31.2 Å². The van der Waals surface area contributed by atoms with Gasteiger partial charge in [-0.1, -0.05) is 11.6 Å². The molecule has 2 heterocycles. The lowest BCUT2D eigenvalue weighted by Crippen LogP contribution is -2.26. The summed E-state index contributed by atoms with van der Waals surface area (Å²) in [4.78, 5) is 4.04. The molecule has 0 fully saturated rings. The standard InChI is InChI=1S/C12H16ClN5O2S/c1-14-12-11(13)4-10(6-15-12)21(19,20)18(3)8-9-5-16-17(2)7-9/h4-7H,8H2,1-3H3,(H,14,15). The fourth-order valence-electron chi connectivity index (χ4n) is 1.82. The Hall–Kier alpha value is -1.64. The first-order valence-corrected chi connectivity index (χ1v) is 7.93. The third kappa shape index (κ3) is 3.34. The van der Waals surface area contributed by atoms with E-state index in [1.807, 2.05) is 0 Å². The Morgan fingerprint density at radius 3 is 2.67 bits per heavy atom. The van der Waals surface area contributed by atoms with Gasteiger partial charge in [0.2, 0.25) is 10.0 Å². The minimum absolute atomic E-state index is 0.0536. The summed E-state index contributed by atoms with van der Waals surface area (Å²) in [5, 5.41) is 7.06. The minimum atomic E-state index is -3.65. The normalized spacial score (nSPS) is 11.9. The second-order valence-corrected chi connectivity index (χ2v) is 6.99. The van der Waals surface area contributed by atoms with Gasteiger partial charge in [-0.25, -0.2) is 13.4 Å². The molecule has 0 atom stereocenters. The molecule has 0 radical (unpaired) electrons. The van der Waals surface area contributed by atoms with Crippen LogP contribution in [0.5, 0.6) is 0 Å². The zero-order chi connectivity index (χ0) is 15.6. The molecule has 2 aromatic heterocycles. The first kappa shape index (κ1) is 15.7. The van der Waals surface area contributed by atoms with Gasteiger partial charge < -0.3 is 5.32 Å². The molecule has 0 saturated carbocycles. The molecule has 2 rings (SSSR count). The quantitative estimate of drug-likeness (QED) is 0.895. The summed E-state index contributed by atoms with van der Waals surface area (Å²) in [5.74, 6) is 0.436. The molecule has 0 unspecified atom stereocenters. The number of aromatic nitrogens is 3. The van der Waals surface area contributed by atoms with Gasteiger partial charge in [0, 0.05) is 45.6 Å². The molecular formula is C12H16ClN5O2S. The molecule has 21 heavy (non-hydrogen) atoms. The lowest BCUT2D eigenvalue weighted by molar-refractivity contribution is 0.466. The molecule has 7 nitrogen and oxygen atoms in total. The number of nitrogens with zero attached hydrogens (tertiary/aromatic N) is 4. The maximum atomic E-state index is 12.5. The lowest BCUT2D eigenvalue weighted by atomic mass is 10.4. The average molecular weight is 330 g/mol. The van der Waals surface area contributed by atoms with E-state index in [-0.39, 0.29) is 16.5 Å². The number of hydrogen-bond acceptors (Lipinski definition) is 5. The van der Waals surface area contributed by atoms with E-state index in [0.29, 0.717) is 5.82 Å². The number of hydrogen-bond donors (Lipinski definition) is 1. The van der Waals surface area contributed by atoms with Crippen molar-refractivity contribution in [3.63, 3.8) is 0 Å². The van der Waals surface area contributed by atoms with Crippen LogP contribution in [0.15, 0.2) is 29.6 Å². The van der Waals surface area contributed by atoms with E-state index in [9.17, 15) is 8.42 Å². The Bertz CT molecular complexity index is 744. The van der Waals surface area contributed by atoms with Gasteiger partial charge in [0.05, 0.1) is 11.2 Å². The van der Waals surface area contributed by atoms with Crippen molar-refractivity contribution in [1.29, 1.82) is 0 Å². The number of sulfonamides is 1. The van der Waals surface area contributed by atoms with Crippen molar-refractivity contribution in [2.45, 2.75) is 11.4 Å². The number of rotatable bonds is 5. The van der Waals surface area contributed by atoms with Gasteiger partial charge in [-0.15, -0.1) is 0 Å². The Morgan fingerprint density at radius 1 is 1.43 bits per heavy atom. The lowest BCUT2D eigenvalue weighted by Gasteiger charge is -2.16. The molecule has 0 aliphatic rings. The zero-order valence-electron chi connectivity index (χ0n) is 11.9. The van der Waals surface area contributed by atoms with Gasteiger partial charge >= 0.3 is 0 Å². The first-order valence-electron chi connectivity index (χ1n) is 6.11. The Labute approximate surface area is 128 Å². The van der Waals surface area contributed by atoms with E-state index in [1.165, 1.54) is 23.6 Å². The molecular weight excluding hydrogens is 314 g/mol. The Kier molecular flexibility index (Phi) is 4.50. The van der Waals surface area contributed by atoms with Crippen LogP contribution in [0, 0.1) is 0 Å². The largest absolute Gasteiger partial charge is 0.372 e. The van der Waals surface area contributed by atoms with E-state index in [0.717, 1.165) is 5.56 Å². The van der Waals surface area contributed by atoms with Crippen LogP contribution in [0.4, 0.5) is 5.82 Å². The molecule has 114 valence electrons. The monoisotopic (exact) mass is 329 g/mol. The Balaban J connectivity index is 2.26. The van der Waals surface area contributed by atoms with Crippen LogP contribution in [-0.4, -0.2) is 41.6 Å². The molecule has 0 bridgehead atoms. The molecule has 0 saturated heterocycles. The third-order valence-corrected chi connectivity index (χ3v) is 4.98. The Morgan fingerprint density at radius 2 is 2.14 bits per heavy atom. The highest BCUT2D eigenvalue weighted by atomic mass is 35.5. The SMILES string of the molecule is CNc1ncc(S(=O)(=O)N(C)Cc2cnn(C)c2)cc1Cl. The summed E-state index contributed by atoms with van der Waals surface area (Å²) in [7, 11) is 1.29. The van der Waals surface area contributed by atoms with Gasteiger partial charge in [0.1, 0.15) is 10.7 Å². The molecule has 0 spiro atoms. The second-order valence-electron chi connectivity index (χ2n) is 4.53. The molecule has 0 aliphatic heterocycles. The predicted octanol–water partition coefficient (Wildman–Crippen LogP) is 1.33. The fourth-order valence-corrected chi connectivity index (χ4v) is 3.28. The fraction of sp³-hybridized carbons (Fsp3) is 0.333. The van der Waals surface area contributed by atoms with E-state index < -0.39 is 10.0 Å². The van der Waals surface area contributed by atoms with Gasteiger partial charge in [0.15, 0.2) is 0 Å². The van der Waals surface area contributed by atoms with Crippen molar-refractivity contribution in [1.82, 2.24) is 19.1 Å². The smallest absolute Gasteiger partial charge is 0.244 e. The van der Waals surface area contributed by atoms with Gasteiger partial charge in [-0.3, -0.25) is 4.68 Å². The van der Waals surface area contributed by atoms with Crippen molar-refractivity contribution in [2.24, 2.45) is 7.05 Å². The maximum absolute atomic E-state index is 12.5. The van der Waals surface area contributed by atoms with Crippen molar-refractivity contribution >= 4 is 27.4 Å². The van der Waals surface area contributed by atoms with Crippen molar-refractivity contribution in [2.75, 3.05) is 19.4 Å². The van der Waals surface area contributed by atoms with Crippen LogP contribution in [0.25, 0.3) is 0 Å².